The van der Waals surface area contributed by atoms with Gasteiger partial charge in [-0.15, -0.1) is 24.0 Å². The zero-order valence-corrected chi connectivity index (χ0v) is 19.5. The Balaban J connectivity index is 0.00000300. The first-order chi connectivity index (χ1) is 13.6. The van der Waals surface area contributed by atoms with Gasteiger partial charge in [-0.3, -0.25) is 9.79 Å². The van der Waals surface area contributed by atoms with Crippen LogP contribution in [0.4, 0.5) is 0 Å². The molecule has 1 aliphatic heterocycles. The highest BCUT2D eigenvalue weighted by atomic mass is 127. The van der Waals surface area contributed by atoms with Crippen molar-refractivity contribution in [3.05, 3.63) is 70.8 Å². The van der Waals surface area contributed by atoms with Crippen LogP contribution in [-0.2, 0) is 11.3 Å². The summed E-state index contributed by atoms with van der Waals surface area (Å²) in [6.07, 6.45) is 0.0420. The van der Waals surface area contributed by atoms with Crippen molar-refractivity contribution >= 4 is 35.8 Å². The summed E-state index contributed by atoms with van der Waals surface area (Å²) in [6.45, 7) is 5.00. The van der Waals surface area contributed by atoms with E-state index >= 15 is 0 Å². The second-order valence-corrected chi connectivity index (χ2v) is 6.84. The fourth-order valence-corrected chi connectivity index (χ4v) is 3.41. The van der Waals surface area contributed by atoms with Crippen molar-refractivity contribution in [1.29, 1.82) is 0 Å². The van der Waals surface area contributed by atoms with Crippen LogP contribution in [-0.4, -0.2) is 50.6 Å². The summed E-state index contributed by atoms with van der Waals surface area (Å²) in [5.74, 6) is 0.781. The van der Waals surface area contributed by atoms with Crippen molar-refractivity contribution in [2.75, 3.05) is 33.8 Å². The van der Waals surface area contributed by atoms with Gasteiger partial charge in [-0.05, 0) is 35.7 Å². The standard InChI is InChI=1S/C22H28N4O2.HI/c1-16-6-4-5-7-19(16)20-15-26(12-13-28-20)22(24-3)25-14-17-8-10-18(11-9-17)21(27)23-2;/h4-11,20H,12-15H2,1-3H3,(H,23,27)(H,24,25);1H. The molecular weight excluding hydrogens is 479 g/mol. The first kappa shape index (κ1) is 23.2. The number of benzene rings is 2. The summed E-state index contributed by atoms with van der Waals surface area (Å²) in [5.41, 5.74) is 4.23. The SMILES string of the molecule is CN=C(NCc1ccc(C(=O)NC)cc1)N1CCOC(c2ccccc2C)C1.I. The number of carbonyl (C=O) groups is 1. The molecule has 2 aromatic rings. The molecule has 0 spiro atoms. The molecule has 29 heavy (non-hydrogen) atoms. The highest BCUT2D eigenvalue weighted by Crippen LogP contribution is 2.25. The topological polar surface area (TPSA) is 66.0 Å². The molecule has 1 atom stereocenters. The predicted octanol–water partition coefficient (Wildman–Crippen LogP) is 3.12. The van der Waals surface area contributed by atoms with E-state index in [1.807, 2.05) is 24.3 Å². The molecule has 3 rings (SSSR count). The molecular formula is C22H29IN4O2. The first-order valence-electron chi connectivity index (χ1n) is 9.56. The van der Waals surface area contributed by atoms with E-state index in [2.05, 4.69) is 51.7 Å². The molecule has 2 N–H and O–H groups in total. The number of hydrogen-bond acceptors (Lipinski definition) is 3. The van der Waals surface area contributed by atoms with E-state index in [1.165, 1.54) is 11.1 Å². The van der Waals surface area contributed by atoms with Crippen molar-refractivity contribution in [1.82, 2.24) is 15.5 Å². The van der Waals surface area contributed by atoms with Gasteiger partial charge in [-0.1, -0.05) is 36.4 Å². The van der Waals surface area contributed by atoms with Crippen LogP contribution >= 0.6 is 24.0 Å². The number of halogens is 1. The Bertz CT molecular complexity index is 839. The number of amides is 1. The molecule has 1 amide bonds. The number of hydrogen-bond donors (Lipinski definition) is 2. The van der Waals surface area contributed by atoms with Crippen molar-refractivity contribution in [2.45, 2.75) is 19.6 Å². The third kappa shape index (κ3) is 5.93. The summed E-state index contributed by atoms with van der Waals surface area (Å²) in [7, 11) is 3.43. The van der Waals surface area contributed by atoms with Gasteiger partial charge in [0.2, 0.25) is 0 Å². The molecule has 0 bridgehead atoms. The van der Waals surface area contributed by atoms with Crippen LogP contribution in [0.1, 0.15) is 33.2 Å². The second-order valence-electron chi connectivity index (χ2n) is 6.84. The fourth-order valence-electron chi connectivity index (χ4n) is 3.41. The van der Waals surface area contributed by atoms with Crippen molar-refractivity contribution in [3.8, 4) is 0 Å². The van der Waals surface area contributed by atoms with Gasteiger partial charge in [-0.2, -0.15) is 0 Å². The fraction of sp³-hybridized carbons (Fsp3) is 0.364. The summed E-state index contributed by atoms with van der Waals surface area (Å²) in [4.78, 5) is 18.3. The van der Waals surface area contributed by atoms with Crippen LogP contribution in [0.5, 0.6) is 0 Å². The van der Waals surface area contributed by atoms with Crippen LogP contribution < -0.4 is 10.6 Å². The lowest BCUT2D eigenvalue weighted by Crippen LogP contribution is -2.48. The Kier molecular flexibility index (Phi) is 8.91. The predicted molar refractivity (Wildman–Crippen MR) is 127 cm³/mol. The average Bonchev–Trinajstić information content (AvgIpc) is 2.74. The minimum absolute atomic E-state index is 0. The van der Waals surface area contributed by atoms with Gasteiger partial charge in [0.05, 0.1) is 13.2 Å². The maximum Gasteiger partial charge on any atom is 0.251 e. The summed E-state index contributed by atoms with van der Waals surface area (Å²) < 4.78 is 6.02. The molecule has 6 nitrogen and oxygen atoms in total. The highest BCUT2D eigenvalue weighted by molar-refractivity contribution is 14.0. The average molecular weight is 508 g/mol. The Morgan fingerprint density at radius 2 is 1.93 bits per heavy atom. The summed E-state index contributed by atoms with van der Waals surface area (Å²) in [6, 6.07) is 15.9. The molecule has 1 aliphatic rings. The number of nitrogens with one attached hydrogen (secondary N) is 2. The molecule has 7 heteroatoms. The van der Waals surface area contributed by atoms with E-state index in [0.29, 0.717) is 18.7 Å². The molecule has 0 saturated carbocycles. The molecule has 0 radical (unpaired) electrons. The quantitative estimate of drug-likeness (QED) is 0.379. The molecule has 2 aromatic carbocycles. The lowest BCUT2D eigenvalue weighted by molar-refractivity contribution is -0.00833. The number of rotatable bonds is 4. The smallest absolute Gasteiger partial charge is 0.251 e. The maximum absolute atomic E-state index is 11.7. The number of morpholine rings is 1. The molecule has 156 valence electrons. The monoisotopic (exact) mass is 508 g/mol. The Hall–Kier alpha value is -2.13. The third-order valence-corrected chi connectivity index (χ3v) is 5.01. The molecule has 0 aliphatic carbocycles. The Morgan fingerprint density at radius 1 is 1.21 bits per heavy atom. The van der Waals surface area contributed by atoms with Gasteiger partial charge < -0.3 is 20.3 Å². The van der Waals surface area contributed by atoms with Gasteiger partial charge in [-0.25, -0.2) is 0 Å². The molecule has 1 unspecified atom stereocenters. The van der Waals surface area contributed by atoms with Crippen LogP contribution in [0, 0.1) is 6.92 Å². The zero-order valence-electron chi connectivity index (χ0n) is 17.1. The number of nitrogens with zero attached hydrogens (tertiary/aromatic N) is 2. The summed E-state index contributed by atoms with van der Waals surface area (Å²) in [5, 5.41) is 6.06. The van der Waals surface area contributed by atoms with Gasteiger partial charge in [0, 0.05) is 32.7 Å². The Labute approximate surface area is 189 Å². The molecule has 0 aromatic heterocycles. The van der Waals surface area contributed by atoms with E-state index in [1.54, 1.807) is 14.1 Å². The number of ether oxygens (including phenoxy) is 1. The zero-order chi connectivity index (χ0) is 19.9. The molecule has 1 heterocycles. The maximum atomic E-state index is 11.7. The number of guanidine groups is 1. The van der Waals surface area contributed by atoms with Crippen molar-refractivity contribution in [2.24, 2.45) is 4.99 Å². The normalized spacial score (nSPS) is 16.7. The van der Waals surface area contributed by atoms with E-state index in [9.17, 15) is 4.79 Å². The third-order valence-electron chi connectivity index (χ3n) is 5.01. The van der Waals surface area contributed by atoms with E-state index in [4.69, 9.17) is 4.74 Å². The van der Waals surface area contributed by atoms with E-state index in [0.717, 1.165) is 24.6 Å². The van der Waals surface area contributed by atoms with Gasteiger partial charge in [0.1, 0.15) is 6.10 Å². The minimum Gasteiger partial charge on any atom is -0.370 e. The highest BCUT2D eigenvalue weighted by Gasteiger charge is 2.25. The first-order valence-corrected chi connectivity index (χ1v) is 9.56. The number of aliphatic imine (C=N–C) groups is 1. The lowest BCUT2D eigenvalue weighted by atomic mass is 10.0. The van der Waals surface area contributed by atoms with Crippen LogP contribution in [0.3, 0.4) is 0 Å². The van der Waals surface area contributed by atoms with Gasteiger partial charge in [0.25, 0.3) is 5.91 Å². The minimum atomic E-state index is -0.0779. The summed E-state index contributed by atoms with van der Waals surface area (Å²) >= 11 is 0. The molecule has 1 fully saturated rings. The second kappa shape index (κ2) is 11.2. The number of carbonyl (C=O) groups excluding carboxylic acids is 1. The van der Waals surface area contributed by atoms with Crippen LogP contribution in [0.25, 0.3) is 0 Å². The molecule has 1 saturated heterocycles. The van der Waals surface area contributed by atoms with Crippen molar-refractivity contribution < 1.29 is 9.53 Å². The Morgan fingerprint density at radius 3 is 2.59 bits per heavy atom. The largest absolute Gasteiger partial charge is 0.370 e. The lowest BCUT2D eigenvalue weighted by Gasteiger charge is -2.35. The van der Waals surface area contributed by atoms with Crippen LogP contribution in [0.2, 0.25) is 0 Å². The number of aryl methyl sites for hydroxylation is 1. The van der Waals surface area contributed by atoms with E-state index in [-0.39, 0.29) is 36.0 Å². The van der Waals surface area contributed by atoms with Crippen molar-refractivity contribution in [3.63, 3.8) is 0 Å². The van der Waals surface area contributed by atoms with Gasteiger partial charge >= 0.3 is 0 Å². The van der Waals surface area contributed by atoms with Crippen LogP contribution in [0.15, 0.2) is 53.5 Å². The van der Waals surface area contributed by atoms with E-state index < -0.39 is 0 Å². The van der Waals surface area contributed by atoms with Gasteiger partial charge in [0.15, 0.2) is 5.96 Å².